The van der Waals surface area contributed by atoms with E-state index in [9.17, 15) is 9.90 Å². The monoisotopic (exact) mass is 255 g/mol. The van der Waals surface area contributed by atoms with E-state index in [0.717, 1.165) is 6.42 Å². The van der Waals surface area contributed by atoms with Gasteiger partial charge in [-0.2, -0.15) is 0 Å². The number of aliphatic hydroxyl groups is 1. The molecule has 0 aliphatic heterocycles. The van der Waals surface area contributed by atoms with Crippen LogP contribution in [0.25, 0.3) is 0 Å². The Morgan fingerprint density at radius 1 is 1.50 bits per heavy atom. The van der Waals surface area contributed by atoms with E-state index in [2.05, 4.69) is 19.2 Å². The number of furan rings is 1. The normalized spacial score (nSPS) is 12.9. The minimum Gasteiger partial charge on any atom is -0.475 e. The highest BCUT2D eigenvalue weighted by Gasteiger charge is 2.15. The molecule has 5 nitrogen and oxygen atoms in total. The van der Waals surface area contributed by atoms with Crippen molar-refractivity contribution in [2.75, 3.05) is 6.61 Å². The molecule has 0 fully saturated rings. The zero-order chi connectivity index (χ0) is 13.7. The minimum atomic E-state index is -1.06. The van der Waals surface area contributed by atoms with Gasteiger partial charge < -0.3 is 19.9 Å². The van der Waals surface area contributed by atoms with Crippen LogP contribution in [0, 0.1) is 12.8 Å². The smallest absolute Gasteiger partial charge is 0.372 e. The van der Waals surface area contributed by atoms with Gasteiger partial charge in [0.15, 0.2) is 0 Å². The maximum absolute atomic E-state index is 10.8. The van der Waals surface area contributed by atoms with Crippen molar-refractivity contribution in [3.05, 3.63) is 23.2 Å². The molecule has 0 amide bonds. The molecule has 0 aliphatic rings. The Labute approximate surface area is 107 Å². The van der Waals surface area contributed by atoms with Crippen molar-refractivity contribution >= 4 is 5.97 Å². The Hall–Kier alpha value is -1.33. The van der Waals surface area contributed by atoms with E-state index in [0.29, 0.717) is 23.8 Å². The van der Waals surface area contributed by atoms with E-state index in [1.807, 2.05) is 0 Å². The van der Waals surface area contributed by atoms with Gasteiger partial charge >= 0.3 is 5.97 Å². The average Bonchev–Trinajstić information content (AvgIpc) is 2.65. The molecule has 1 aromatic rings. The van der Waals surface area contributed by atoms with Gasteiger partial charge in [-0.05, 0) is 25.3 Å². The number of carbonyl (C=O) groups is 1. The Kier molecular flexibility index (Phi) is 5.37. The first kappa shape index (κ1) is 14.7. The maximum Gasteiger partial charge on any atom is 0.372 e. The molecule has 0 aromatic carbocycles. The first-order valence-electron chi connectivity index (χ1n) is 6.10. The highest BCUT2D eigenvalue weighted by atomic mass is 16.4. The molecule has 1 heterocycles. The Morgan fingerprint density at radius 2 is 2.17 bits per heavy atom. The first-order chi connectivity index (χ1) is 8.43. The molecule has 1 rings (SSSR count). The van der Waals surface area contributed by atoms with E-state index in [4.69, 9.17) is 9.52 Å². The van der Waals surface area contributed by atoms with Crippen molar-refractivity contribution in [3.8, 4) is 0 Å². The van der Waals surface area contributed by atoms with E-state index < -0.39 is 5.97 Å². The molecule has 0 saturated heterocycles. The van der Waals surface area contributed by atoms with Crippen molar-refractivity contribution in [2.45, 2.75) is 39.8 Å². The lowest BCUT2D eigenvalue weighted by Crippen LogP contribution is -2.33. The average molecular weight is 255 g/mol. The first-order valence-corrected chi connectivity index (χ1v) is 6.10. The lowest BCUT2D eigenvalue weighted by Gasteiger charge is -2.17. The van der Waals surface area contributed by atoms with Gasteiger partial charge in [0.2, 0.25) is 5.76 Å². The summed E-state index contributed by atoms with van der Waals surface area (Å²) in [5.41, 5.74) is 0.615. The number of aryl methyl sites for hydroxylation is 1. The fourth-order valence-corrected chi connectivity index (χ4v) is 1.88. The summed E-state index contributed by atoms with van der Waals surface area (Å²) in [7, 11) is 0. The number of hydrogen-bond donors (Lipinski definition) is 3. The van der Waals surface area contributed by atoms with Gasteiger partial charge in [0.25, 0.3) is 0 Å². The SMILES string of the molecule is Cc1cc(CNC(CO)CC(C)C)oc1C(=O)O. The predicted octanol–water partition coefficient (Wildman–Crippen LogP) is 1.78. The second kappa shape index (κ2) is 6.56. The van der Waals surface area contributed by atoms with Crippen LogP contribution >= 0.6 is 0 Å². The minimum absolute atomic E-state index is 0.00341. The second-order valence-electron chi connectivity index (χ2n) is 4.92. The summed E-state index contributed by atoms with van der Waals surface area (Å²) in [5.74, 6) is -0.00878. The molecule has 0 aliphatic carbocycles. The lowest BCUT2D eigenvalue weighted by atomic mass is 10.0. The van der Waals surface area contributed by atoms with Crippen LogP contribution in [-0.2, 0) is 6.54 Å². The third-order valence-electron chi connectivity index (χ3n) is 2.70. The van der Waals surface area contributed by atoms with Gasteiger partial charge in [0.1, 0.15) is 5.76 Å². The molecule has 1 atom stereocenters. The molecule has 1 aromatic heterocycles. The summed E-state index contributed by atoms with van der Waals surface area (Å²) in [5, 5.41) is 21.2. The van der Waals surface area contributed by atoms with Crippen molar-refractivity contribution in [3.63, 3.8) is 0 Å². The second-order valence-corrected chi connectivity index (χ2v) is 4.92. The summed E-state index contributed by atoms with van der Waals surface area (Å²) in [6, 6.07) is 1.71. The van der Waals surface area contributed by atoms with Gasteiger partial charge in [-0.15, -0.1) is 0 Å². The highest BCUT2D eigenvalue weighted by molar-refractivity contribution is 5.86. The van der Waals surface area contributed by atoms with Crippen LogP contribution in [0.15, 0.2) is 10.5 Å². The van der Waals surface area contributed by atoms with Crippen LogP contribution in [0.1, 0.15) is 42.1 Å². The molecule has 0 radical (unpaired) electrons. The van der Waals surface area contributed by atoms with E-state index >= 15 is 0 Å². The standard InChI is InChI=1S/C13H21NO4/c1-8(2)4-10(7-15)14-6-11-5-9(3)12(18-11)13(16)17/h5,8,10,14-15H,4,6-7H2,1-3H3,(H,16,17). The van der Waals surface area contributed by atoms with E-state index in [1.165, 1.54) is 0 Å². The summed E-state index contributed by atoms with van der Waals surface area (Å²) < 4.78 is 5.23. The number of carboxylic acid groups (broad SMARTS) is 1. The molecule has 1 unspecified atom stereocenters. The van der Waals surface area contributed by atoms with E-state index in [-0.39, 0.29) is 18.4 Å². The van der Waals surface area contributed by atoms with Gasteiger partial charge in [0.05, 0.1) is 13.2 Å². The van der Waals surface area contributed by atoms with E-state index in [1.54, 1.807) is 13.0 Å². The van der Waals surface area contributed by atoms with Crippen LogP contribution in [0.4, 0.5) is 0 Å². The topological polar surface area (TPSA) is 82.7 Å². The zero-order valence-electron chi connectivity index (χ0n) is 11.1. The third-order valence-corrected chi connectivity index (χ3v) is 2.70. The number of nitrogens with one attached hydrogen (secondary N) is 1. The van der Waals surface area contributed by atoms with Crippen LogP contribution in [0.2, 0.25) is 0 Å². The van der Waals surface area contributed by atoms with Crippen molar-refractivity contribution in [2.24, 2.45) is 5.92 Å². The Balaban J connectivity index is 2.57. The van der Waals surface area contributed by atoms with Gasteiger partial charge in [-0.3, -0.25) is 0 Å². The summed E-state index contributed by atoms with van der Waals surface area (Å²) in [6.07, 6.45) is 0.863. The van der Waals surface area contributed by atoms with Crippen molar-refractivity contribution in [1.82, 2.24) is 5.32 Å². The highest BCUT2D eigenvalue weighted by Crippen LogP contribution is 2.15. The maximum atomic E-state index is 10.8. The van der Waals surface area contributed by atoms with Crippen molar-refractivity contribution < 1.29 is 19.4 Å². The molecule has 5 heteroatoms. The number of rotatable bonds is 7. The summed E-state index contributed by atoms with van der Waals surface area (Å²) in [4.78, 5) is 10.8. The molecule has 0 saturated carbocycles. The summed E-state index contributed by atoms with van der Waals surface area (Å²) in [6.45, 7) is 6.36. The van der Waals surface area contributed by atoms with Crippen molar-refractivity contribution in [1.29, 1.82) is 0 Å². The molecule has 0 bridgehead atoms. The number of aliphatic hydroxyl groups excluding tert-OH is 1. The largest absolute Gasteiger partial charge is 0.475 e. The molecule has 102 valence electrons. The van der Waals surface area contributed by atoms with Gasteiger partial charge in [-0.25, -0.2) is 4.79 Å². The van der Waals surface area contributed by atoms with Crippen LogP contribution in [0.5, 0.6) is 0 Å². The summed E-state index contributed by atoms with van der Waals surface area (Å²) >= 11 is 0. The number of carboxylic acids is 1. The predicted molar refractivity (Wildman–Crippen MR) is 67.6 cm³/mol. The number of hydrogen-bond acceptors (Lipinski definition) is 4. The Morgan fingerprint density at radius 3 is 2.61 bits per heavy atom. The number of aromatic carboxylic acids is 1. The molecule has 18 heavy (non-hydrogen) atoms. The third kappa shape index (κ3) is 4.16. The fraction of sp³-hybridized carbons (Fsp3) is 0.615. The van der Waals surface area contributed by atoms with Crippen LogP contribution < -0.4 is 5.32 Å². The molecule has 3 N–H and O–H groups in total. The quantitative estimate of drug-likeness (QED) is 0.692. The zero-order valence-corrected chi connectivity index (χ0v) is 11.1. The molecule has 0 spiro atoms. The van der Waals surface area contributed by atoms with Crippen LogP contribution in [-0.4, -0.2) is 28.8 Å². The molecular weight excluding hydrogens is 234 g/mol. The van der Waals surface area contributed by atoms with Gasteiger partial charge in [0, 0.05) is 11.6 Å². The Bertz CT molecular complexity index is 398. The van der Waals surface area contributed by atoms with Crippen LogP contribution in [0.3, 0.4) is 0 Å². The fourth-order valence-electron chi connectivity index (χ4n) is 1.88. The molecular formula is C13H21NO4. The van der Waals surface area contributed by atoms with Gasteiger partial charge in [-0.1, -0.05) is 13.8 Å². The lowest BCUT2D eigenvalue weighted by molar-refractivity contribution is 0.0659.